The molecule has 84 valence electrons. The van der Waals surface area contributed by atoms with Gasteiger partial charge in [0.05, 0.1) is 4.70 Å². The Morgan fingerprint density at radius 3 is 3.31 bits per heavy atom. The van der Waals surface area contributed by atoms with E-state index in [1.165, 1.54) is 48.0 Å². The van der Waals surface area contributed by atoms with Crippen LogP contribution in [0.1, 0.15) is 18.4 Å². The van der Waals surface area contributed by atoms with Crippen LogP contribution in [0.2, 0.25) is 0 Å². The SMILES string of the molecule is c1cc2sncc2cc1CC1CCCNC1. The highest BCUT2D eigenvalue weighted by Gasteiger charge is 2.13. The van der Waals surface area contributed by atoms with Gasteiger partial charge >= 0.3 is 0 Å². The third kappa shape index (κ3) is 2.11. The summed E-state index contributed by atoms with van der Waals surface area (Å²) >= 11 is 1.58. The Bertz CT molecular complexity index is 471. The molecule has 2 aromatic rings. The number of aromatic nitrogens is 1. The van der Waals surface area contributed by atoms with Crippen LogP contribution in [0.3, 0.4) is 0 Å². The molecule has 1 fully saturated rings. The zero-order valence-electron chi connectivity index (χ0n) is 9.28. The van der Waals surface area contributed by atoms with Gasteiger partial charge in [-0.25, -0.2) is 0 Å². The first-order valence-corrected chi connectivity index (χ1v) is 6.73. The van der Waals surface area contributed by atoms with Crippen LogP contribution in [0.15, 0.2) is 24.4 Å². The molecular weight excluding hydrogens is 216 g/mol. The summed E-state index contributed by atoms with van der Waals surface area (Å²) in [6, 6.07) is 6.77. The van der Waals surface area contributed by atoms with Crippen molar-refractivity contribution in [3.8, 4) is 0 Å². The molecule has 0 bridgehead atoms. The standard InChI is InChI=1S/C13H16N2S/c1-2-11(8-14-5-1)6-10-3-4-13-12(7-10)9-15-16-13/h3-4,7,9,11,14H,1-2,5-6,8H2. The molecule has 0 spiro atoms. The molecule has 1 unspecified atom stereocenters. The van der Waals surface area contributed by atoms with Gasteiger partial charge in [-0.15, -0.1) is 0 Å². The monoisotopic (exact) mass is 232 g/mol. The van der Waals surface area contributed by atoms with Crippen LogP contribution in [-0.4, -0.2) is 17.5 Å². The van der Waals surface area contributed by atoms with Gasteiger partial charge < -0.3 is 5.32 Å². The van der Waals surface area contributed by atoms with Crippen molar-refractivity contribution in [3.63, 3.8) is 0 Å². The summed E-state index contributed by atoms with van der Waals surface area (Å²) in [7, 11) is 0. The van der Waals surface area contributed by atoms with Gasteiger partial charge in [0.2, 0.25) is 0 Å². The van der Waals surface area contributed by atoms with Crippen molar-refractivity contribution in [1.29, 1.82) is 0 Å². The lowest BCUT2D eigenvalue weighted by Gasteiger charge is -2.22. The van der Waals surface area contributed by atoms with E-state index in [0.717, 1.165) is 5.92 Å². The molecule has 0 radical (unpaired) electrons. The zero-order chi connectivity index (χ0) is 10.8. The number of rotatable bonds is 2. The van der Waals surface area contributed by atoms with Crippen LogP contribution in [0, 0.1) is 5.92 Å². The van der Waals surface area contributed by atoms with Gasteiger partial charge in [-0.05, 0) is 67.5 Å². The van der Waals surface area contributed by atoms with Crippen LogP contribution in [0.4, 0.5) is 0 Å². The Morgan fingerprint density at radius 2 is 2.44 bits per heavy atom. The number of benzene rings is 1. The van der Waals surface area contributed by atoms with Gasteiger partial charge in [0.1, 0.15) is 0 Å². The van der Waals surface area contributed by atoms with E-state index in [2.05, 4.69) is 27.9 Å². The predicted octanol–water partition coefficient (Wildman–Crippen LogP) is 2.84. The Morgan fingerprint density at radius 1 is 1.44 bits per heavy atom. The van der Waals surface area contributed by atoms with Crippen molar-refractivity contribution >= 4 is 21.6 Å². The number of hydrogen-bond acceptors (Lipinski definition) is 3. The lowest BCUT2D eigenvalue weighted by Crippen LogP contribution is -2.30. The van der Waals surface area contributed by atoms with Crippen LogP contribution in [0.5, 0.6) is 0 Å². The molecule has 1 aromatic carbocycles. The highest BCUT2D eigenvalue weighted by Crippen LogP contribution is 2.22. The van der Waals surface area contributed by atoms with E-state index in [1.54, 1.807) is 11.5 Å². The fraction of sp³-hybridized carbons (Fsp3) is 0.462. The molecule has 0 amide bonds. The minimum Gasteiger partial charge on any atom is -0.316 e. The van der Waals surface area contributed by atoms with Gasteiger partial charge in [-0.3, -0.25) is 0 Å². The first-order valence-electron chi connectivity index (χ1n) is 5.96. The summed E-state index contributed by atoms with van der Waals surface area (Å²) in [6.07, 6.45) is 5.88. The average molecular weight is 232 g/mol. The first kappa shape index (κ1) is 10.2. The van der Waals surface area contributed by atoms with Crippen molar-refractivity contribution in [3.05, 3.63) is 30.0 Å². The second-order valence-electron chi connectivity index (χ2n) is 4.61. The minimum atomic E-state index is 0.817. The maximum absolute atomic E-state index is 4.22. The fourth-order valence-corrected chi connectivity index (χ4v) is 3.11. The molecule has 2 heterocycles. The van der Waals surface area contributed by atoms with Gasteiger partial charge in [0.25, 0.3) is 0 Å². The predicted molar refractivity (Wildman–Crippen MR) is 68.9 cm³/mol. The van der Waals surface area contributed by atoms with E-state index < -0.39 is 0 Å². The lowest BCUT2D eigenvalue weighted by molar-refractivity contribution is 0.376. The Labute approximate surface area is 99.8 Å². The van der Waals surface area contributed by atoms with E-state index in [-0.39, 0.29) is 0 Å². The summed E-state index contributed by atoms with van der Waals surface area (Å²) in [5.74, 6) is 0.817. The highest BCUT2D eigenvalue weighted by atomic mass is 32.1. The van der Waals surface area contributed by atoms with Crippen LogP contribution < -0.4 is 5.32 Å². The second kappa shape index (κ2) is 4.52. The lowest BCUT2D eigenvalue weighted by atomic mass is 9.92. The fourth-order valence-electron chi connectivity index (χ4n) is 2.48. The maximum atomic E-state index is 4.22. The van der Waals surface area contributed by atoms with Crippen molar-refractivity contribution in [2.75, 3.05) is 13.1 Å². The van der Waals surface area contributed by atoms with Gasteiger partial charge in [-0.1, -0.05) is 6.07 Å². The molecule has 1 atom stereocenters. The summed E-state index contributed by atoms with van der Waals surface area (Å²) in [4.78, 5) is 0. The molecule has 3 heteroatoms. The first-order chi connectivity index (χ1) is 7.92. The molecule has 1 aromatic heterocycles. The van der Waals surface area contributed by atoms with Gasteiger partial charge in [-0.2, -0.15) is 4.37 Å². The largest absolute Gasteiger partial charge is 0.316 e. The highest BCUT2D eigenvalue weighted by molar-refractivity contribution is 7.13. The van der Waals surface area contributed by atoms with Crippen molar-refractivity contribution < 1.29 is 0 Å². The van der Waals surface area contributed by atoms with Crippen molar-refractivity contribution in [2.24, 2.45) is 5.92 Å². The quantitative estimate of drug-likeness (QED) is 0.861. The summed E-state index contributed by atoms with van der Waals surface area (Å²) in [6.45, 7) is 2.38. The number of fused-ring (bicyclic) bond motifs is 1. The number of piperidine rings is 1. The molecule has 0 aliphatic carbocycles. The molecule has 0 saturated carbocycles. The molecule has 1 aliphatic heterocycles. The smallest absolute Gasteiger partial charge is 0.0550 e. The topological polar surface area (TPSA) is 24.9 Å². The summed E-state index contributed by atoms with van der Waals surface area (Å²) in [5, 5.41) is 4.77. The van der Waals surface area contributed by atoms with Gasteiger partial charge in [0.15, 0.2) is 0 Å². The van der Waals surface area contributed by atoms with E-state index >= 15 is 0 Å². The van der Waals surface area contributed by atoms with Crippen LogP contribution in [0.25, 0.3) is 10.1 Å². The number of nitrogens with one attached hydrogen (secondary N) is 1. The maximum Gasteiger partial charge on any atom is 0.0550 e. The van der Waals surface area contributed by atoms with E-state index in [4.69, 9.17) is 0 Å². The van der Waals surface area contributed by atoms with Gasteiger partial charge in [0, 0.05) is 11.6 Å². The number of nitrogens with zero attached hydrogens (tertiary/aromatic N) is 1. The molecule has 1 N–H and O–H groups in total. The van der Waals surface area contributed by atoms with Crippen LogP contribution >= 0.6 is 11.5 Å². The molecule has 16 heavy (non-hydrogen) atoms. The Balaban J connectivity index is 1.77. The molecule has 1 aliphatic rings. The van der Waals surface area contributed by atoms with Crippen molar-refractivity contribution in [1.82, 2.24) is 9.69 Å². The van der Waals surface area contributed by atoms with E-state index in [1.807, 2.05) is 6.20 Å². The Kier molecular flexibility index (Phi) is 2.89. The van der Waals surface area contributed by atoms with Crippen molar-refractivity contribution in [2.45, 2.75) is 19.3 Å². The van der Waals surface area contributed by atoms with E-state index in [0.29, 0.717) is 0 Å². The van der Waals surface area contributed by atoms with Crippen LogP contribution in [-0.2, 0) is 6.42 Å². The van der Waals surface area contributed by atoms with E-state index in [9.17, 15) is 0 Å². The summed E-state index contributed by atoms with van der Waals surface area (Å²) < 4.78 is 5.52. The second-order valence-corrected chi connectivity index (χ2v) is 5.45. The summed E-state index contributed by atoms with van der Waals surface area (Å²) in [5.41, 5.74) is 1.46. The average Bonchev–Trinajstić information content (AvgIpc) is 2.77. The molecular formula is C13H16N2S. The number of hydrogen-bond donors (Lipinski definition) is 1. The normalized spacial score (nSPS) is 21.4. The Hall–Kier alpha value is -0.930. The molecule has 3 rings (SSSR count). The minimum absolute atomic E-state index is 0.817. The third-order valence-electron chi connectivity index (χ3n) is 3.34. The third-order valence-corrected chi connectivity index (χ3v) is 4.12. The molecule has 2 nitrogen and oxygen atoms in total. The zero-order valence-corrected chi connectivity index (χ0v) is 10.1. The molecule has 1 saturated heterocycles.